The van der Waals surface area contributed by atoms with Crippen LogP contribution in [0.3, 0.4) is 0 Å². The third kappa shape index (κ3) is 3.58. The summed E-state index contributed by atoms with van der Waals surface area (Å²) in [6.45, 7) is 1.80. The maximum absolute atomic E-state index is 9.03. The lowest BCUT2D eigenvalue weighted by Crippen LogP contribution is -2.68. The van der Waals surface area contributed by atoms with Crippen molar-refractivity contribution in [2.75, 3.05) is 0 Å². The quantitative estimate of drug-likeness (QED) is 0.295. The van der Waals surface area contributed by atoms with Crippen molar-refractivity contribution < 1.29 is 4.53 Å². The van der Waals surface area contributed by atoms with Gasteiger partial charge >= 0.3 is 8.32 Å². The second kappa shape index (κ2) is 8.28. The first kappa shape index (κ1) is 17.7. The molecule has 4 heteroatoms. The molecule has 0 aromatic heterocycles. The molecule has 0 N–H and O–H groups in total. The van der Waals surface area contributed by atoms with Gasteiger partial charge in [0.25, 0.3) is 0 Å². The molecule has 0 aliphatic heterocycles. The van der Waals surface area contributed by atoms with E-state index in [2.05, 4.69) is 47.6 Å². The molecular formula is C22H20N2OSi. The highest BCUT2D eigenvalue weighted by atomic mass is 28.4. The zero-order valence-corrected chi connectivity index (χ0v) is 15.6. The van der Waals surface area contributed by atoms with Crippen molar-refractivity contribution in [3.63, 3.8) is 0 Å². The summed E-state index contributed by atoms with van der Waals surface area (Å²) in [5, 5.41) is 16.6. The molecule has 3 aromatic carbocycles. The van der Waals surface area contributed by atoms with Crippen LogP contribution in [0.25, 0.3) is 0 Å². The van der Waals surface area contributed by atoms with Crippen LogP contribution in [0, 0.1) is 17.2 Å². The van der Waals surface area contributed by atoms with Gasteiger partial charge in [-0.05, 0) is 22.5 Å². The number of benzene rings is 3. The Labute approximate surface area is 155 Å². The van der Waals surface area contributed by atoms with Gasteiger partial charge in [-0.1, -0.05) is 91.0 Å². The minimum Gasteiger partial charge on any atom is -0.438 e. The number of hydrogen-bond donors (Lipinski definition) is 0. The van der Waals surface area contributed by atoms with Gasteiger partial charge in [0, 0.05) is 0 Å². The zero-order valence-electron chi connectivity index (χ0n) is 14.6. The van der Waals surface area contributed by atoms with Crippen molar-refractivity contribution in [1.29, 1.82) is 5.26 Å². The van der Waals surface area contributed by atoms with Gasteiger partial charge in [-0.3, -0.25) is 0 Å². The second-order valence-corrected chi connectivity index (χ2v) is 9.32. The summed E-state index contributed by atoms with van der Waals surface area (Å²) in [6, 6.07) is 32.8. The highest BCUT2D eigenvalue weighted by molar-refractivity contribution is 7.07. The summed E-state index contributed by atoms with van der Waals surface area (Å²) in [7, 11) is -2.81. The average molecular weight is 357 g/mol. The molecule has 0 radical (unpaired) electrons. The molecule has 0 saturated heterocycles. The van der Waals surface area contributed by atoms with E-state index in [0.717, 1.165) is 15.6 Å². The predicted octanol–water partition coefficient (Wildman–Crippen LogP) is 2.82. The summed E-state index contributed by atoms with van der Waals surface area (Å²) in [6.07, 6.45) is 1.57. The van der Waals surface area contributed by atoms with E-state index in [9.17, 15) is 0 Å². The molecule has 0 amide bonds. The van der Waals surface area contributed by atoms with E-state index >= 15 is 0 Å². The van der Waals surface area contributed by atoms with E-state index in [1.807, 2.05) is 54.6 Å². The van der Waals surface area contributed by atoms with Crippen molar-refractivity contribution >= 4 is 30.1 Å². The lowest BCUT2D eigenvalue weighted by molar-refractivity contribution is 0.349. The first-order chi connectivity index (χ1) is 12.8. The molecule has 128 valence electrons. The molecule has 3 rings (SSSR count). The van der Waals surface area contributed by atoms with Crippen LogP contribution in [0.15, 0.2) is 96.2 Å². The van der Waals surface area contributed by atoms with Crippen LogP contribution in [0.4, 0.5) is 0 Å². The van der Waals surface area contributed by atoms with Crippen LogP contribution in [-0.4, -0.2) is 14.5 Å². The van der Waals surface area contributed by atoms with Crippen LogP contribution in [-0.2, 0) is 4.53 Å². The Morgan fingerprint density at radius 3 is 1.54 bits per heavy atom. The van der Waals surface area contributed by atoms with E-state index in [0.29, 0.717) is 0 Å². The lowest BCUT2D eigenvalue weighted by atomic mass is 10.2. The lowest BCUT2D eigenvalue weighted by Gasteiger charge is -2.30. The second-order valence-electron chi connectivity index (χ2n) is 6.04. The number of nitrogens with zero attached hydrogens (tertiary/aromatic N) is 2. The highest BCUT2D eigenvalue weighted by Crippen LogP contribution is 2.10. The molecule has 0 aliphatic rings. The van der Waals surface area contributed by atoms with Gasteiger partial charge in [0.15, 0.2) is 0 Å². The highest BCUT2D eigenvalue weighted by Gasteiger charge is 2.44. The van der Waals surface area contributed by atoms with Gasteiger partial charge < -0.3 is 4.53 Å². The topological polar surface area (TPSA) is 45.4 Å². The molecule has 0 fully saturated rings. The van der Waals surface area contributed by atoms with Crippen LogP contribution in [0.1, 0.15) is 6.92 Å². The van der Waals surface area contributed by atoms with Crippen LogP contribution < -0.4 is 15.6 Å². The first-order valence-corrected chi connectivity index (χ1v) is 10.5. The van der Waals surface area contributed by atoms with Crippen molar-refractivity contribution in [2.45, 2.75) is 6.92 Å². The fourth-order valence-electron chi connectivity index (χ4n) is 2.91. The van der Waals surface area contributed by atoms with Gasteiger partial charge in [0.05, 0.1) is 18.2 Å². The Bertz CT molecular complexity index is 793. The number of oxime groups is 1. The Balaban J connectivity index is 2.21. The smallest absolute Gasteiger partial charge is 0.380 e. The van der Waals surface area contributed by atoms with Crippen LogP contribution in [0.5, 0.6) is 0 Å². The van der Waals surface area contributed by atoms with Crippen LogP contribution >= 0.6 is 0 Å². The maximum atomic E-state index is 9.03. The molecule has 3 aromatic rings. The zero-order chi connectivity index (χ0) is 18.2. The van der Waals surface area contributed by atoms with Crippen LogP contribution in [0.2, 0.25) is 0 Å². The van der Waals surface area contributed by atoms with Crippen molar-refractivity contribution in [3.8, 4) is 6.07 Å². The minimum atomic E-state index is -2.81. The van der Waals surface area contributed by atoms with E-state index < -0.39 is 8.32 Å². The fraction of sp³-hybridized carbons (Fsp3) is 0.0909. The molecule has 0 aliphatic carbocycles. The Kier molecular flexibility index (Phi) is 5.62. The molecule has 0 spiro atoms. The Morgan fingerprint density at radius 1 is 0.808 bits per heavy atom. The van der Waals surface area contributed by atoms with E-state index in [1.165, 1.54) is 0 Å². The minimum absolute atomic E-state index is 0.302. The molecular weight excluding hydrogens is 336 g/mol. The third-order valence-corrected chi connectivity index (χ3v) is 8.04. The summed E-state index contributed by atoms with van der Waals surface area (Å²) in [4.78, 5) is 0. The number of rotatable bonds is 6. The molecule has 0 saturated carbocycles. The largest absolute Gasteiger partial charge is 0.438 e. The number of nitriles is 1. The SMILES string of the molecule is CC(C#N)/C=N/O[Si](c1ccccc1)(c1ccccc1)c1ccccc1. The van der Waals surface area contributed by atoms with Gasteiger partial charge in [-0.25, -0.2) is 0 Å². The number of hydrogen-bond acceptors (Lipinski definition) is 3. The molecule has 0 heterocycles. The average Bonchev–Trinajstić information content (AvgIpc) is 2.73. The third-order valence-electron chi connectivity index (χ3n) is 4.22. The van der Waals surface area contributed by atoms with Gasteiger partial charge in [-0.2, -0.15) is 5.26 Å². The molecule has 3 nitrogen and oxygen atoms in total. The van der Waals surface area contributed by atoms with Gasteiger partial charge in [0.1, 0.15) is 0 Å². The summed E-state index contributed by atoms with van der Waals surface area (Å²) in [5.74, 6) is -0.302. The maximum Gasteiger partial charge on any atom is 0.380 e. The predicted molar refractivity (Wildman–Crippen MR) is 108 cm³/mol. The van der Waals surface area contributed by atoms with Crippen molar-refractivity contribution in [2.24, 2.45) is 11.1 Å². The summed E-state index contributed by atoms with van der Waals surface area (Å²) in [5.41, 5.74) is 0. The molecule has 1 atom stereocenters. The summed E-state index contributed by atoms with van der Waals surface area (Å²) >= 11 is 0. The molecule has 0 bridgehead atoms. The molecule has 1 unspecified atom stereocenters. The monoisotopic (exact) mass is 356 g/mol. The van der Waals surface area contributed by atoms with Crippen molar-refractivity contribution in [3.05, 3.63) is 91.0 Å². The van der Waals surface area contributed by atoms with E-state index in [-0.39, 0.29) is 5.92 Å². The van der Waals surface area contributed by atoms with E-state index in [4.69, 9.17) is 9.79 Å². The standard InChI is InChI=1S/C22H20N2OSi/c1-19(17-23)18-24-25-26(20-11-5-2-6-12-20,21-13-7-3-8-14-21)22-15-9-4-10-16-22/h2-16,18-19H,1H3/b24-18+. The first-order valence-electron chi connectivity index (χ1n) is 8.55. The van der Waals surface area contributed by atoms with E-state index in [1.54, 1.807) is 13.1 Å². The molecule has 26 heavy (non-hydrogen) atoms. The normalized spacial score (nSPS) is 12.5. The summed E-state index contributed by atoms with van der Waals surface area (Å²) < 4.78 is 6.32. The van der Waals surface area contributed by atoms with Crippen molar-refractivity contribution in [1.82, 2.24) is 0 Å². The van der Waals surface area contributed by atoms with Gasteiger partial charge in [0.2, 0.25) is 0 Å². The fourth-order valence-corrected chi connectivity index (χ4v) is 6.43. The van der Waals surface area contributed by atoms with Gasteiger partial charge in [-0.15, -0.1) is 5.16 Å². The Hall–Kier alpha value is -3.16. The Morgan fingerprint density at radius 2 is 1.19 bits per heavy atom.